The minimum absolute atomic E-state index is 0.0392. The van der Waals surface area contributed by atoms with E-state index >= 15 is 0 Å². The van der Waals surface area contributed by atoms with Gasteiger partial charge < -0.3 is 10.0 Å². The second kappa shape index (κ2) is 4.66. The van der Waals surface area contributed by atoms with Gasteiger partial charge in [0.25, 0.3) is 5.91 Å². The minimum Gasteiger partial charge on any atom is -0.386 e. The van der Waals surface area contributed by atoms with Gasteiger partial charge in [-0.3, -0.25) is 14.9 Å². The maximum Gasteiger partial charge on any atom is 0.324 e. The first-order chi connectivity index (χ1) is 8.45. The fraction of sp³-hybridized carbons (Fsp3) is 0.545. The van der Waals surface area contributed by atoms with Crippen LogP contribution in [0.5, 0.6) is 0 Å². The molecule has 1 amide bonds. The van der Waals surface area contributed by atoms with Crippen LogP contribution in [0.4, 0.5) is 5.00 Å². The number of carbonyl (C=O) groups is 1. The molecule has 0 bridgehead atoms. The van der Waals surface area contributed by atoms with Crippen LogP contribution >= 0.6 is 11.3 Å². The highest BCUT2D eigenvalue weighted by atomic mass is 32.1. The van der Waals surface area contributed by atoms with Gasteiger partial charge in [0.15, 0.2) is 0 Å². The Hall–Kier alpha value is -1.47. The molecule has 1 saturated heterocycles. The van der Waals surface area contributed by atoms with Crippen LogP contribution in [-0.2, 0) is 0 Å². The van der Waals surface area contributed by atoms with Crippen molar-refractivity contribution >= 4 is 22.2 Å². The largest absolute Gasteiger partial charge is 0.386 e. The van der Waals surface area contributed by atoms with Gasteiger partial charge in [-0.15, -0.1) is 0 Å². The first-order valence-corrected chi connectivity index (χ1v) is 6.53. The Morgan fingerprint density at radius 2 is 2.28 bits per heavy atom. The SMILES string of the molecule is CCCC1(O)CN(C(=O)c2ccc([N+](=O)[O-])s2)C1. The maximum absolute atomic E-state index is 12.0. The molecule has 1 N–H and O–H groups in total. The molecule has 0 unspecified atom stereocenters. The molecule has 18 heavy (non-hydrogen) atoms. The van der Waals surface area contributed by atoms with Crippen LogP contribution in [0.1, 0.15) is 29.4 Å². The van der Waals surface area contributed by atoms with Gasteiger partial charge in [0, 0.05) is 6.07 Å². The van der Waals surface area contributed by atoms with Gasteiger partial charge in [0.2, 0.25) is 0 Å². The van der Waals surface area contributed by atoms with Crippen molar-refractivity contribution in [2.45, 2.75) is 25.4 Å². The first kappa shape index (κ1) is 13.0. The van der Waals surface area contributed by atoms with Crippen LogP contribution in [0, 0.1) is 10.1 Å². The second-order valence-corrected chi connectivity index (χ2v) is 5.59. The lowest BCUT2D eigenvalue weighted by Crippen LogP contribution is -2.63. The van der Waals surface area contributed by atoms with E-state index in [1.54, 1.807) is 0 Å². The molecule has 1 fully saturated rings. The molecule has 7 heteroatoms. The molecule has 2 heterocycles. The Bertz CT molecular complexity index is 479. The van der Waals surface area contributed by atoms with Gasteiger partial charge >= 0.3 is 5.00 Å². The number of rotatable bonds is 4. The fourth-order valence-electron chi connectivity index (χ4n) is 2.13. The van der Waals surface area contributed by atoms with E-state index in [-0.39, 0.29) is 10.9 Å². The summed E-state index contributed by atoms with van der Waals surface area (Å²) < 4.78 is 0. The third kappa shape index (κ3) is 2.37. The quantitative estimate of drug-likeness (QED) is 0.666. The van der Waals surface area contributed by atoms with E-state index in [1.807, 2.05) is 6.92 Å². The van der Waals surface area contributed by atoms with Gasteiger partial charge in [-0.2, -0.15) is 0 Å². The Kier molecular flexibility index (Phi) is 3.36. The molecule has 2 rings (SSSR count). The van der Waals surface area contributed by atoms with E-state index < -0.39 is 10.5 Å². The zero-order chi connectivity index (χ0) is 13.3. The number of nitro groups is 1. The number of hydrogen-bond acceptors (Lipinski definition) is 5. The van der Waals surface area contributed by atoms with Gasteiger partial charge in [0.1, 0.15) is 0 Å². The van der Waals surface area contributed by atoms with Crippen LogP contribution < -0.4 is 0 Å². The molecular formula is C11H14N2O4S. The van der Waals surface area contributed by atoms with Gasteiger partial charge in [-0.1, -0.05) is 24.7 Å². The van der Waals surface area contributed by atoms with Crippen LogP contribution in [0.15, 0.2) is 12.1 Å². The van der Waals surface area contributed by atoms with Crippen molar-refractivity contribution in [2.75, 3.05) is 13.1 Å². The summed E-state index contributed by atoms with van der Waals surface area (Å²) in [4.78, 5) is 23.8. The summed E-state index contributed by atoms with van der Waals surface area (Å²) in [5.74, 6) is -0.242. The first-order valence-electron chi connectivity index (χ1n) is 5.71. The summed E-state index contributed by atoms with van der Waals surface area (Å²) in [6.07, 6.45) is 1.53. The van der Waals surface area contributed by atoms with E-state index in [4.69, 9.17) is 0 Å². The zero-order valence-corrected chi connectivity index (χ0v) is 10.8. The number of β-amino-alcohol motifs (C(OH)–C–C–N with tert-alkyl or cyclic N) is 1. The molecule has 0 saturated carbocycles. The Balaban J connectivity index is 1.99. The molecule has 1 aromatic heterocycles. The number of likely N-dealkylation sites (tertiary alicyclic amines) is 1. The maximum atomic E-state index is 12.0. The minimum atomic E-state index is -0.770. The molecule has 0 radical (unpaired) electrons. The van der Waals surface area contributed by atoms with Crippen molar-refractivity contribution in [3.05, 3.63) is 27.1 Å². The molecule has 1 aromatic rings. The number of aliphatic hydroxyl groups is 1. The van der Waals surface area contributed by atoms with Crippen molar-refractivity contribution in [3.8, 4) is 0 Å². The normalized spacial score (nSPS) is 17.3. The van der Waals surface area contributed by atoms with E-state index in [9.17, 15) is 20.0 Å². The van der Waals surface area contributed by atoms with Crippen molar-refractivity contribution in [2.24, 2.45) is 0 Å². The number of nitrogens with zero attached hydrogens (tertiary/aromatic N) is 2. The third-order valence-corrected chi connectivity index (χ3v) is 3.98. The Labute approximate surface area is 108 Å². The highest BCUT2D eigenvalue weighted by molar-refractivity contribution is 7.17. The summed E-state index contributed by atoms with van der Waals surface area (Å²) in [6.45, 7) is 2.60. The highest BCUT2D eigenvalue weighted by Gasteiger charge is 2.43. The predicted octanol–water partition coefficient (Wildman–Crippen LogP) is 1.64. The molecule has 0 atom stereocenters. The van der Waals surface area contributed by atoms with Crippen molar-refractivity contribution < 1.29 is 14.8 Å². The summed E-state index contributed by atoms with van der Waals surface area (Å²) in [7, 11) is 0. The Morgan fingerprint density at radius 1 is 1.61 bits per heavy atom. The van der Waals surface area contributed by atoms with Crippen molar-refractivity contribution in [1.82, 2.24) is 4.90 Å². The Morgan fingerprint density at radius 3 is 2.78 bits per heavy atom. The zero-order valence-electron chi connectivity index (χ0n) is 9.96. The molecule has 0 aromatic carbocycles. The smallest absolute Gasteiger partial charge is 0.324 e. The molecule has 1 aliphatic rings. The predicted molar refractivity (Wildman–Crippen MR) is 66.7 cm³/mol. The summed E-state index contributed by atoms with van der Waals surface area (Å²) >= 11 is 0.868. The van der Waals surface area contributed by atoms with Crippen LogP contribution in [0.2, 0.25) is 0 Å². The van der Waals surface area contributed by atoms with Crippen LogP contribution in [0.3, 0.4) is 0 Å². The van der Waals surface area contributed by atoms with Crippen molar-refractivity contribution in [1.29, 1.82) is 0 Å². The van der Waals surface area contributed by atoms with E-state index in [0.717, 1.165) is 17.8 Å². The van der Waals surface area contributed by atoms with E-state index in [0.29, 0.717) is 24.4 Å². The fourth-order valence-corrected chi connectivity index (χ4v) is 2.92. The molecule has 6 nitrogen and oxygen atoms in total. The van der Waals surface area contributed by atoms with Gasteiger partial charge in [-0.05, 0) is 12.5 Å². The lowest BCUT2D eigenvalue weighted by atomic mass is 9.89. The van der Waals surface area contributed by atoms with Crippen LogP contribution in [0.25, 0.3) is 0 Å². The average molecular weight is 270 g/mol. The number of carbonyl (C=O) groups excluding carboxylic acids is 1. The summed E-state index contributed by atoms with van der Waals surface area (Å²) in [6, 6.07) is 2.79. The van der Waals surface area contributed by atoms with Gasteiger partial charge in [-0.25, -0.2) is 0 Å². The monoisotopic (exact) mass is 270 g/mol. The second-order valence-electron chi connectivity index (χ2n) is 4.53. The van der Waals surface area contributed by atoms with Crippen molar-refractivity contribution in [3.63, 3.8) is 0 Å². The standard InChI is InChI=1S/C11H14N2O4S/c1-2-5-11(15)6-12(7-11)10(14)8-3-4-9(18-8)13(16)17/h3-4,15H,2,5-7H2,1H3. The van der Waals surface area contributed by atoms with Gasteiger partial charge in [0.05, 0.1) is 28.5 Å². The summed E-state index contributed by atoms with van der Waals surface area (Å²) in [5.41, 5.74) is -0.770. The number of hydrogen-bond donors (Lipinski definition) is 1. The topological polar surface area (TPSA) is 83.7 Å². The summed E-state index contributed by atoms with van der Waals surface area (Å²) in [5, 5.41) is 20.5. The molecule has 0 spiro atoms. The lowest BCUT2D eigenvalue weighted by Gasteiger charge is -2.46. The van der Waals surface area contributed by atoms with E-state index in [1.165, 1.54) is 17.0 Å². The van der Waals surface area contributed by atoms with E-state index in [2.05, 4.69) is 0 Å². The average Bonchev–Trinajstić information content (AvgIpc) is 2.74. The molecular weight excluding hydrogens is 256 g/mol. The third-order valence-electron chi connectivity index (χ3n) is 2.96. The van der Waals surface area contributed by atoms with Crippen LogP contribution in [-0.4, -0.2) is 39.5 Å². The molecule has 0 aliphatic carbocycles. The number of thiophene rings is 1. The number of amides is 1. The highest BCUT2D eigenvalue weighted by Crippen LogP contribution is 2.30. The lowest BCUT2D eigenvalue weighted by molar-refractivity contribution is -0.380. The molecule has 1 aliphatic heterocycles. The molecule has 98 valence electrons.